The second-order valence-corrected chi connectivity index (χ2v) is 7.72. The third-order valence-electron chi connectivity index (χ3n) is 5.25. The highest BCUT2D eigenvalue weighted by Crippen LogP contribution is 2.30. The molecule has 0 aromatic carbocycles. The molecule has 2 atom stereocenters. The van der Waals surface area contributed by atoms with Crippen molar-refractivity contribution in [3.8, 4) is 28.3 Å². The predicted molar refractivity (Wildman–Crippen MR) is 113 cm³/mol. The Morgan fingerprint density at radius 1 is 1.00 bits per heavy atom. The summed E-state index contributed by atoms with van der Waals surface area (Å²) in [5.74, 6) is 0.883. The SMILES string of the molecule is CC1CN(c2ccc(-c3ncc(-c4ccc5ncnn5c4)cc3O)nn2)C[C@H](C)N1. The van der Waals surface area contributed by atoms with Crippen molar-refractivity contribution in [2.75, 3.05) is 18.0 Å². The molecule has 0 aliphatic carbocycles. The zero-order valence-electron chi connectivity index (χ0n) is 16.8. The number of hydrogen-bond donors (Lipinski definition) is 2. The lowest BCUT2D eigenvalue weighted by molar-refractivity contribution is 0.404. The zero-order valence-corrected chi connectivity index (χ0v) is 16.8. The Morgan fingerprint density at radius 2 is 1.83 bits per heavy atom. The summed E-state index contributed by atoms with van der Waals surface area (Å²) in [5.41, 5.74) is 3.36. The molecule has 5 heterocycles. The summed E-state index contributed by atoms with van der Waals surface area (Å²) >= 11 is 0. The van der Waals surface area contributed by atoms with Crippen molar-refractivity contribution < 1.29 is 5.11 Å². The minimum Gasteiger partial charge on any atom is -0.506 e. The molecule has 9 nitrogen and oxygen atoms in total. The summed E-state index contributed by atoms with van der Waals surface area (Å²) in [6, 6.07) is 10.0. The van der Waals surface area contributed by atoms with E-state index in [1.807, 2.05) is 30.5 Å². The van der Waals surface area contributed by atoms with Crippen LogP contribution in [0.2, 0.25) is 0 Å². The lowest BCUT2D eigenvalue weighted by Gasteiger charge is -2.36. The van der Waals surface area contributed by atoms with Crippen molar-refractivity contribution in [3.05, 3.63) is 49.1 Å². The van der Waals surface area contributed by atoms with Crippen molar-refractivity contribution in [2.45, 2.75) is 25.9 Å². The van der Waals surface area contributed by atoms with Gasteiger partial charge in [-0.25, -0.2) is 14.5 Å². The summed E-state index contributed by atoms with van der Waals surface area (Å²) in [6.45, 7) is 6.09. The molecule has 1 aliphatic rings. The van der Waals surface area contributed by atoms with Crippen LogP contribution in [0.25, 0.3) is 28.2 Å². The maximum atomic E-state index is 10.6. The van der Waals surface area contributed by atoms with Crippen LogP contribution in [0.5, 0.6) is 5.75 Å². The van der Waals surface area contributed by atoms with E-state index in [4.69, 9.17) is 0 Å². The standard InChI is InChI=1S/C21H22N8O/c1-13-9-28(10-14(2)25-13)20-6-4-17(26-27-20)21-18(30)7-16(8-22-21)15-3-5-19-23-12-24-29(19)11-15/h3-8,11-14,25,30H,9-10H2,1-2H3/t13-,14?/m0/s1. The first-order chi connectivity index (χ1) is 14.6. The number of nitrogens with zero attached hydrogens (tertiary/aromatic N) is 7. The Morgan fingerprint density at radius 3 is 2.57 bits per heavy atom. The molecule has 4 aromatic heterocycles. The van der Waals surface area contributed by atoms with Gasteiger partial charge in [0.15, 0.2) is 11.5 Å². The first kappa shape index (κ1) is 18.4. The summed E-state index contributed by atoms with van der Waals surface area (Å²) in [6.07, 6.45) is 5.06. The van der Waals surface area contributed by atoms with Gasteiger partial charge in [-0.1, -0.05) is 0 Å². The van der Waals surface area contributed by atoms with E-state index in [1.165, 1.54) is 6.33 Å². The maximum Gasteiger partial charge on any atom is 0.155 e. The van der Waals surface area contributed by atoms with Gasteiger partial charge < -0.3 is 15.3 Å². The van der Waals surface area contributed by atoms with Crippen LogP contribution < -0.4 is 10.2 Å². The van der Waals surface area contributed by atoms with Gasteiger partial charge in [0.05, 0.1) is 0 Å². The van der Waals surface area contributed by atoms with E-state index in [0.29, 0.717) is 23.5 Å². The van der Waals surface area contributed by atoms with Crippen LogP contribution in [0.4, 0.5) is 5.82 Å². The van der Waals surface area contributed by atoms with Crippen LogP contribution in [0.15, 0.2) is 49.1 Å². The molecular formula is C21H22N8O. The van der Waals surface area contributed by atoms with Crippen LogP contribution in [-0.2, 0) is 0 Å². The van der Waals surface area contributed by atoms with Gasteiger partial charge in [0.2, 0.25) is 0 Å². The number of fused-ring (bicyclic) bond motifs is 1. The van der Waals surface area contributed by atoms with Gasteiger partial charge in [-0.3, -0.25) is 0 Å². The van der Waals surface area contributed by atoms with E-state index in [-0.39, 0.29) is 5.75 Å². The number of nitrogens with one attached hydrogen (secondary N) is 1. The molecule has 4 aromatic rings. The molecule has 152 valence electrons. The van der Waals surface area contributed by atoms with Crippen LogP contribution in [-0.4, -0.2) is 60.1 Å². The highest BCUT2D eigenvalue weighted by molar-refractivity contribution is 5.71. The molecule has 1 saturated heterocycles. The van der Waals surface area contributed by atoms with E-state index >= 15 is 0 Å². The fourth-order valence-electron chi connectivity index (χ4n) is 3.93. The monoisotopic (exact) mass is 402 g/mol. The van der Waals surface area contributed by atoms with E-state index in [1.54, 1.807) is 16.8 Å². The predicted octanol–water partition coefficient (Wildman–Crippen LogP) is 2.14. The maximum absolute atomic E-state index is 10.6. The number of piperazine rings is 1. The molecular weight excluding hydrogens is 380 g/mol. The molecule has 0 saturated carbocycles. The molecule has 2 N–H and O–H groups in total. The molecule has 0 spiro atoms. The van der Waals surface area contributed by atoms with Gasteiger partial charge in [0.1, 0.15) is 23.5 Å². The average molecular weight is 402 g/mol. The smallest absolute Gasteiger partial charge is 0.155 e. The number of anilines is 1. The molecule has 9 heteroatoms. The Labute approximate surface area is 173 Å². The summed E-state index contributed by atoms with van der Waals surface area (Å²) in [4.78, 5) is 10.8. The summed E-state index contributed by atoms with van der Waals surface area (Å²) in [7, 11) is 0. The topological polar surface area (TPSA) is 104 Å². The van der Waals surface area contributed by atoms with Crippen molar-refractivity contribution in [1.29, 1.82) is 0 Å². The minimum absolute atomic E-state index is 0.0534. The van der Waals surface area contributed by atoms with E-state index < -0.39 is 0 Å². The lowest BCUT2D eigenvalue weighted by atomic mass is 10.1. The van der Waals surface area contributed by atoms with Gasteiger partial charge in [0.25, 0.3) is 0 Å². The van der Waals surface area contributed by atoms with E-state index in [9.17, 15) is 5.11 Å². The Kier molecular flexibility index (Phi) is 4.51. The second kappa shape index (κ2) is 7.34. The van der Waals surface area contributed by atoms with Crippen molar-refractivity contribution in [1.82, 2.24) is 35.1 Å². The minimum atomic E-state index is 0.0534. The Bertz CT molecular complexity index is 1180. The lowest BCUT2D eigenvalue weighted by Crippen LogP contribution is -2.54. The van der Waals surface area contributed by atoms with E-state index in [2.05, 4.69) is 49.3 Å². The number of aromatic hydroxyl groups is 1. The third kappa shape index (κ3) is 3.43. The van der Waals surface area contributed by atoms with Crippen LogP contribution in [0.3, 0.4) is 0 Å². The summed E-state index contributed by atoms with van der Waals surface area (Å²) < 4.78 is 1.68. The Balaban J connectivity index is 1.40. The fourth-order valence-corrected chi connectivity index (χ4v) is 3.93. The van der Waals surface area contributed by atoms with Crippen molar-refractivity contribution in [3.63, 3.8) is 0 Å². The van der Waals surface area contributed by atoms with E-state index in [0.717, 1.165) is 35.7 Å². The highest BCUT2D eigenvalue weighted by Gasteiger charge is 2.22. The number of rotatable bonds is 3. The van der Waals surface area contributed by atoms with Gasteiger partial charge in [0, 0.05) is 48.7 Å². The molecule has 0 bridgehead atoms. The fraction of sp³-hybridized carbons (Fsp3) is 0.286. The normalized spacial score (nSPS) is 19.3. The van der Waals surface area contributed by atoms with Crippen molar-refractivity contribution >= 4 is 11.5 Å². The van der Waals surface area contributed by atoms with Gasteiger partial charge in [-0.2, -0.15) is 5.10 Å². The third-order valence-corrected chi connectivity index (χ3v) is 5.25. The second-order valence-electron chi connectivity index (χ2n) is 7.72. The van der Waals surface area contributed by atoms with Crippen LogP contribution in [0.1, 0.15) is 13.8 Å². The van der Waals surface area contributed by atoms with Gasteiger partial charge >= 0.3 is 0 Å². The quantitative estimate of drug-likeness (QED) is 0.537. The zero-order chi connectivity index (χ0) is 20.7. The molecule has 5 rings (SSSR count). The molecule has 1 fully saturated rings. The molecule has 1 unspecified atom stereocenters. The largest absolute Gasteiger partial charge is 0.506 e. The number of hydrogen-bond acceptors (Lipinski definition) is 8. The number of aromatic nitrogens is 6. The first-order valence-electron chi connectivity index (χ1n) is 9.91. The van der Waals surface area contributed by atoms with Gasteiger partial charge in [-0.05, 0) is 44.2 Å². The highest BCUT2D eigenvalue weighted by atomic mass is 16.3. The molecule has 1 aliphatic heterocycles. The molecule has 0 amide bonds. The average Bonchev–Trinajstić information content (AvgIpc) is 3.21. The van der Waals surface area contributed by atoms with Crippen LogP contribution in [0, 0.1) is 0 Å². The van der Waals surface area contributed by atoms with Crippen LogP contribution >= 0.6 is 0 Å². The summed E-state index contributed by atoms with van der Waals surface area (Å²) in [5, 5.41) is 26.9. The Hall–Kier alpha value is -3.59. The van der Waals surface area contributed by atoms with Crippen molar-refractivity contribution in [2.24, 2.45) is 0 Å². The first-order valence-corrected chi connectivity index (χ1v) is 9.91. The molecule has 30 heavy (non-hydrogen) atoms. The number of pyridine rings is 2. The van der Waals surface area contributed by atoms with Gasteiger partial charge in [-0.15, -0.1) is 10.2 Å². The molecule has 0 radical (unpaired) electrons.